The summed E-state index contributed by atoms with van der Waals surface area (Å²) < 4.78 is 6.70. The average molecular weight is 282 g/mol. The third kappa shape index (κ3) is 1.38. The Labute approximate surface area is 82.5 Å². The quantitative estimate of drug-likeness (QED) is 0.812. The number of aryl methyl sites for hydroxylation is 1. The molecule has 66 valence electrons. The van der Waals surface area contributed by atoms with Crippen LogP contribution in [0.3, 0.4) is 0 Å². The number of carbonyl (C=O) groups is 1. The van der Waals surface area contributed by atoms with Crippen LogP contribution in [0.5, 0.6) is 5.88 Å². The molecule has 0 saturated heterocycles. The predicted molar refractivity (Wildman–Crippen MR) is 49.4 cm³/mol. The molecule has 1 aromatic heterocycles. The first kappa shape index (κ1) is 9.30. The van der Waals surface area contributed by atoms with Crippen LogP contribution in [0.2, 0.25) is 0 Å². The zero-order valence-corrected chi connectivity index (χ0v) is 8.69. The molecule has 12 heavy (non-hydrogen) atoms. The monoisotopic (exact) mass is 282 g/mol. The van der Waals surface area contributed by atoms with Gasteiger partial charge in [-0.05, 0) is 22.6 Å². The van der Waals surface area contributed by atoms with E-state index in [-0.39, 0.29) is 11.4 Å². The molecule has 0 aliphatic carbocycles. The van der Waals surface area contributed by atoms with E-state index in [0.717, 1.165) is 0 Å². The van der Waals surface area contributed by atoms with Crippen molar-refractivity contribution in [3.8, 4) is 5.88 Å². The standard InChI is InChI=1S/C6H7IN2O3/c1-9-5(12-2)3(6(10)11)4(7)8-9/h1-2H3,(H,10,11). The third-order valence-corrected chi connectivity index (χ3v) is 2.11. The number of carboxylic acids is 1. The number of methoxy groups -OCH3 is 1. The van der Waals surface area contributed by atoms with Crippen LogP contribution in [0, 0.1) is 3.70 Å². The highest BCUT2D eigenvalue weighted by Crippen LogP contribution is 2.22. The van der Waals surface area contributed by atoms with Gasteiger partial charge in [0.2, 0.25) is 5.88 Å². The highest BCUT2D eigenvalue weighted by molar-refractivity contribution is 14.1. The number of ether oxygens (including phenoxy) is 1. The van der Waals surface area contributed by atoms with Crippen molar-refractivity contribution in [3.63, 3.8) is 0 Å². The first-order valence-electron chi connectivity index (χ1n) is 3.07. The van der Waals surface area contributed by atoms with Gasteiger partial charge in [-0.1, -0.05) is 0 Å². The molecule has 1 N–H and O–H groups in total. The Morgan fingerprint density at radius 2 is 2.33 bits per heavy atom. The molecule has 0 saturated carbocycles. The molecule has 0 unspecified atom stereocenters. The van der Waals surface area contributed by atoms with Gasteiger partial charge in [-0.3, -0.25) is 0 Å². The normalized spacial score (nSPS) is 9.92. The van der Waals surface area contributed by atoms with Gasteiger partial charge in [0.25, 0.3) is 0 Å². The fraction of sp³-hybridized carbons (Fsp3) is 0.333. The Kier molecular flexibility index (Phi) is 2.55. The Bertz CT molecular complexity index is 321. The second kappa shape index (κ2) is 3.30. The molecule has 1 rings (SSSR count). The first-order chi connectivity index (χ1) is 5.57. The maximum Gasteiger partial charge on any atom is 0.344 e. The van der Waals surface area contributed by atoms with Gasteiger partial charge < -0.3 is 9.84 Å². The zero-order valence-electron chi connectivity index (χ0n) is 6.54. The van der Waals surface area contributed by atoms with E-state index in [4.69, 9.17) is 9.84 Å². The van der Waals surface area contributed by atoms with Gasteiger partial charge in [0.1, 0.15) is 3.70 Å². The number of hydrogen-bond donors (Lipinski definition) is 1. The van der Waals surface area contributed by atoms with Crippen LogP contribution in [-0.2, 0) is 7.05 Å². The molecular weight excluding hydrogens is 275 g/mol. The smallest absolute Gasteiger partial charge is 0.344 e. The number of nitrogens with zero attached hydrogens (tertiary/aromatic N) is 2. The number of aromatic nitrogens is 2. The zero-order chi connectivity index (χ0) is 9.30. The molecule has 0 aliphatic heterocycles. The van der Waals surface area contributed by atoms with Gasteiger partial charge in [-0.25, -0.2) is 9.48 Å². The third-order valence-electron chi connectivity index (χ3n) is 1.36. The maximum atomic E-state index is 10.7. The van der Waals surface area contributed by atoms with Crippen molar-refractivity contribution in [2.75, 3.05) is 7.11 Å². The van der Waals surface area contributed by atoms with E-state index in [0.29, 0.717) is 3.70 Å². The van der Waals surface area contributed by atoms with Crippen LogP contribution >= 0.6 is 22.6 Å². The molecule has 0 aliphatic rings. The van der Waals surface area contributed by atoms with Crippen LogP contribution in [0.25, 0.3) is 0 Å². The molecule has 5 nitrogen and oxygen atoms in total. The molecule has 1 aromatic rings. The summed E-state index contributed by atoms with van der Waals surface area (Å²) in [5.74, 6) is -0.753. The summed E-state index contributed by atoms with van der Waals surface area (Å²) in [5.41, 5.74) is 0.112. The van der Waals surface area contributed by atoms with Gasteiger partial charge in [-0.2, -0.15) is 5.10 Å². The summed E-state index contributed by atoms with van der Waals surface area (Å²) in [7, 11) is 3.05. The van der Waals surface area contributed by atoms with E-state index in [1.807, 2.05) is 22.6 Å². The Balaban J connectivity index is 3.32. The van der Waals surface area contributed by atoms with E-state index < -0.39 is 5.97 Å². The number of hydrogen-bond acceptors (Lipinski definition) is 3. The van der Waals surface area contributed by atoms with Gasteiger partial charge in [0, 0.05) is 7.05 Å². The second-order valence-electron chi connectivity index (χ2n) is 2.10. The summed E-state index contributed by atoms with van der Waals surface area (Å²) in [4.78, 5) is 10.7. The SMILES string of the molecule is COc1c(C(=O)O)c(I)nn1C. The summed E-state index contributed by atoms with van der Waals surface area (Å²) in [6, 6.07) is 0. The van der Waals surface area contributed by atoms with Crippen molar-refractivity contribution in [1.29, 1.82) is 0 Å². The molecule has 1 heterocycles. The maximum absolute atomic E-state index is 10.7. The van der Waals surface area contributed by atoms with Crippen molar-refractivity contribution in [2.45, 2.75) is 0 Å². The topological polar surface area (TPSA) is 64.3 Å². The highest BCUT2D eigenvalue weighted by atomic mass is 127. The largest absolute Gasteiger partial charge is 0.481 e. The molecule has 0 fully saturated rings. The number of rotatable bonds is 2. The second-order valence-corrected chi connectivity index (χ2v) is 3.13. The van der Waals surface area contributed by atoms with Crippen molar-refractivity contribution in [1.82, 2.24) is 9.78 Å². The van der Waals surface area contributed by atoms with E-state index in [9.17, 15) is 4.79 Å². The molecule has 0 amide bonds. The van der Waals surface area contributed by atoms with Crippen LogP contribution in [0.4, 0.5) is 0 Å². The molecule has 0 bridgehead atoms. The minimum Gasteiger partial charge on any atom is -0.481 e. The minimum atomic E-state index is -1.02. The highest BCUT2D eigenvalue weighted by Gasteiger charge is 2.20. The Hall–Kier alpha value is -0.790. The van der Waals surface area contributed by atoms with E-state index >= 15 is 0 Å². The number of aromatic carboxylic acids is 1. The summed E-state index contributed by atoms with van der Waals surface area (Å²) in [6.45, 7) is 0. The Morgan fingerprint density at radius 3 is 2.67 bits per heavy atom. The van der Waals surface area contributed by atoms with Gasteiger partial charge >= 0.3 is 5.97 Å². The lowest BCUT2D eigenvalue weighted by molar-refractivity contribution is 0.0692. The van der Waals surface area contributed by atoms with Crippen molar-refractivity contribution < 1.29 is 14.6 Å². The van der Waals surface area contributed by atoms with Crippen molar-refractivity contribution in [2.24, 2.45) is 7.05 Å². The molecular formula is C6H7IN2O3. The molecule has 0 aromatic carbocycles. The molecule has 0 radical (unpaired) electrons. The van der Waals surface area contributed by atoms with Crippen LogP contribution in [-0.4, -0.2) is 28.0 Å². The summed E-state index contributed by atoms with van der Waals surface area (Å²) in [6.07, 6.45) is 0. The lowest BCUT2D eigenvalue weighted by Crippen LogP contribution is -2.01. The summed E-state index contributed by atoms with van der Waals surface area (Å²) >= 11 is 1.85. The fourth-order valence-electron chi connectivity index (χ4n) is 0.891. The van der Waals surface area contributed by atoms with Crippen LogP contribution in [0.1, 0.15) is 10.4 Å². The van der Waals surface area contributed by atoms with E-state index in [1.165, 1.54) is 11.8 Å². The van der Waals surface area contributed by atoms with Gasteiger partial charge in [-0.15, -0.1) is 0 Å². The number of halogens is 1. The number of carboxylic acid groups (broad SMARTS) is 1. The Morgan fingerprint density at radius 1 is 1.75 bits per heavy atom. The van der Waals surface area contributed by atoms with Crippen molar-refractivity contribution >= 4 is 28.6 Å². The fourth-order valence-corrected chi connectivity index (χ4v) is 1.68. The predicted octanol–water partition coefficient (Wildman–Crippen LogP) is 0.732. The van der Waals surface area contributed by atoms with E-state index in [1.54, 1.807) is 7.05 Å². The van der Waals surface area contributed by atoms with Gasteiger partial charge in [0.15, 0.2) is 5.56 Å². The average Bonchev–Trinajstić information content (AvgIpc) is 2.24. The lowest BCUT2D eigenvalue weighted by Gasteiger charge is -1.99. The van der Waals surface area contributed by atoms with Crippen LogP contribution < -0.4 is 4.74 Å². The molecule has 0 spiro atoms. The molecule has 6 heteroatoms. The van der Waals surface area contributed by atoms with E-state index in [2.05, 4.69) is 5.10 Å². The van der Waals surface area contributed by atoms with Crippen molar-refractivity contribution in [3.05, 3.63) is 9.26 Å². The molecule has 0 atom stereocenters. The summed E-state index contributed by atoms with van der Waals surface area (Å²) in [5, 5.41) is 12.7. The minimum absolute atomic E-state index is 0.112. The van der Waals surface area contributed by atoms with Crippen LogP contribution in [0.15, 0.2) is 0 Å². The first-order valence-corrected chi connectivity index (χ1v) is 4.15. The lowest BCUT2D eigenvalue weighted by atomic mass is 10.3. The van der Waals surface area contributed by atoms with Gasteiger partial charge in [0.05, 0.1) is 7.11 Å².